The lowest BCUT2D eigenvalue weighted by atomic mass is 9.99. The third-order valence-corrected chi connectivity index (χ3v) is 5.45. The second-order valence-electron chi connectivity index (χ2n) is 7.89. The van der Waals surface area contributed by atoms with Crippen molar-refractivity contribution in [3.8, 4) is 11.3 Å². The zero-order chi connectivity index (χ0) is 20.8. The minimum absolute atomic E-state index is 0.122. The number of carbonyl (C=O) groups is 1. The minimum Gasteiger partial charge on any atom is -0.339 e. The third-order valence-electron chi connectivity index (χ3n) is 5.45. The maximum atomic E-state index is 13.6. The van der Waals surface area contributed by atoms with Crippen LogP contribution >= 0.6 is 0 Å². The summed E-state index contributed by atoms with van der Waals surface area (Å²) in [6.45, 7) is 10.2. The predicted octanol–water partition coefficient (Wildman–Crippen LogP) is 6.56. The zero-order valence-electron chi connectivity index (χ0n) is 18.2. The Morgan fingerprint density at radius 3 is 2.28 bits per heavy atom. The molecule has 0 spiro atoms. The topological polar surface area (TPSA) is 33.2 Å². The van der Waals surface area contributed by atoms with E-state index in [1.54, 1.807) is 0 Å². The lowest BCUT2D eigenvalue weighted by Crippen LogP contribution is -2.33. The summed E-state index contributed by atoms with van der Waals surface area (Å²) in [6.07, 6.45) is 4.23. The summed E-state index contributed by atoms with van der Waals surface area (Å²) < 4.78 is 0. The summed E-state index contributed by atoms with van der Waals surface area (Å²) >= 11 is 0. The molecule has 0 bridgehead atoms. The van der Waals surface area contributed by atoms with E-state index in [1.165, 1.54) is 11.1 Å². The number of benzene rings is 2. The Morgan fingerprint density at radius 1 is 0.931 bits per heavy atom. The maximum Gasteiger partial charge on any atom is 0.254 e. The van der Waals surface area contributed by atoms with Crippen molar-refractivity contribution in [3.63, 3.8) is 0 Å². The lowest BCUT2D eigenvalue weighted by molar-refractivity contribution is 0.0753. The van der Waals surface area contributed by atoms with Gasteiger partial charge < -0.3 is 4.90 Å². The van der Waals surface area contributed by atoms with Crippen LogP contribution in [0.5, 0.6) is 0 Å². The molecule has 3 aromatic rings. The monoisotopic (exact) mass is 388 g/mol. The van der Waals surface area contributed by atoms with Crippen LogP contribution in [0.15, 0.2) is 48.5 Å². The molecular weight excluding hydrogens is 356 g/mol. The quantitative estimate of drug-likeness (QED) is 0.438. The Hall–Kier alpha value is -2.68. The summed E-state index contributed by atoms with van der Waals surface area (Å²) in [5.74, 6) is 0.122. The van der Waals surface area contributed by atoms with Crippen molar-refractivity contribution < 1.29 is 4.79 Å². The van der Waals surface area contributed by atoms with Crippen LogP contribution in [0, 0.1) is 13.8 Å². The van der Waals surface area contributed by atoms with E-state index in [-0.39, 0.29) is 5.91 Å². The first-order valence-corrected chi connectivity index (χ1v) is 10.8. The molecule has 0 aliphatic rings. The van der Waals surface area contributed by atoms with Crippen molar-refractivity contribution in [2.75, 3.05) is 13.1 Å². The summed E-state index contributed by atoms with van der Waals surface area (Å²) in [7, 11) is 0. The summed E-state index contributed by atoms with van der Waals surface area (Å²) in [5, 5.41) is 0.934. The van der Waals surface area contributed by atoms with Gasteiger partial charge in [0.15, 0.2) is 0 Å². The second-order valence-corrected chi connectivity index (χ2v) is 7.89. The molecule has 3 heteroatoms. The van der Waals surface area contributed by atoms with Crippen LogP contribution in [0.1, 0.15) is 61.0 Å². The number of hydrogen-bond donors (Lipinski definition) is 0. The van der Waals surface area contributed by atoms with Crippen molar-refractivity contribution in [3.05, 3.63) is 65.2 Å². The van der Waals surface area contributed by atoms with Gasteiger partial charge in [0.25, 0.3) is 5.91 Å². The fraction of sp³-hybridized carbons (Fsp3) is 0.385. The Bertz CT molecular complexity index is 985. The van der Waals surface area contributed by atoms with Gasteiger partial charge in [-0.3, -0.25) is 4.79 Å². The van der Waals surface area contributed by atoms with E-state index >= 15 is 0 Å². The van der Waals surface area contributed by atoms with Crippen LogP contribution in [-0.4, -0.2) is 28.9 Å². The Morgan fingerprint density at radius 2 is 1.62 bits per heavy atom. The molecule has 29 heavy (non-hydrogen) atoms. The maximum absolute atomic E-state index is 13.6. The molecule has 152 valence electrons. The molecule has 1 aromatic heterocycles. The van der Waals surface area contributed by atoms with Crippen molar-refractivity contribution in [2.24, 2.45) is 0 Å². The lowest BCUT2D eigenvalue weighted by Gasteiger charge is -2.23. The Balaban J connectivity index is 2.11. The predicted molar refractivity (Wildman–Crippen MR) is 122 cm³/mol. The molecule has 0 radical (unpaired) electrons. The van der Waals surface area contributed by atoms with E-state index in [4.69, 9.17) is 4.98 Å². The van der Waals surface area contributed by atoms with Crippen molar-refractivity contribution >= 4 is 16.8 Å². The van der Waals surface area contributed by atoms with Crippen LogP contribution < -0.4 is 0 Å². The van der Waals surface area contributed by atoms with Crippen LogP contribution in [-0.2, 0) is 0 Å². The number of aromatic nitrogens is 1. The van der Waals surface area contributed by atoms with E-state index in [1.807, 2.05) is 35.2 Å². The minimum atomic E-state index is 0.122. The summed E-state index contributed by atoms with van der Waals surface area (Å²) in [6, 6.07) is 16.4. The third kappa shape index (κ3) is 4.84. The van der Waals surface area contributed by atoms with Gasteiger partial charge in [-0.2, -0.15) is 0 Å². The molecule has 0 fully saturated rings. The molecule has 1 heterocycles. The molecule has 3 nitrogen and oxygen atoms in total. The molecule has 1 amide bonds. The highest BCUT2D eigenvalue weighted by atomic mass is 16.2. The number of amides is 1. The first-order chi connectivity index (χ1) is 14.0. The molecule has 0 unspecified atom stereocenters. The number of unbranched alkanes of at least 4 members (excludes halogenated alkanes) is 2. The average molecular weight is 389 g/mol. The number of nitrogens with zero attached hydrogens (tertiary/aromatic N) is 2. The van der Waals surface area contributed by atoms with Gasteiger partial charge in [0.05, 0.1) is 16.8 Å². The highest BCUT2D eigenvalue weighted by Crippen LogP contribution is 2.28. The fourth-order valence-corrected chi connectivity index (χ4v) is 3.77. The standard InChI is InChI=1S/C26H32N2O/c1-5-7-15-28(16-8-6-2)26(29)23-18-25(21-14-13-19(3)17-20(21)4)27-24-12-10-9-11-22(23)24/h9-14,17-18H,5-8,15-16H2,1-4H3. The number of fused-ring (bicyclic) bond motifs is 1. The second kappa shape index (κ2) is 9.69. The van der Waals surface area contributed by atoms with Crippen LogP contribution in [0.3, 0.4) is 0 Å². The molecule has 0 aliphatic carbocycles. The number of hydrogen-bond acceptors (Lipinski definition) is 2. The van der Waals surface area contributed by atoms with E-state index in [9.17, 15) is 4.79 Å². The molecule has 0 atom stereocenters. The number of carbonyl (C=O) groups excluding carboxylic acids is 1. The SMILES string of the molecule is CCCCN(CCCC)C(=O)c1cc(-c2ccc(C)cc2C)nc2ccccc12. The van der Waals surface area contributed by atoms with Gasteiger partial charge in [-0.05, 0) is 44.4 Å². The molecule has 0 aliphatic heterocycles. The molecule has 0 N–H and O–H groups in total. The van der Waals surface area contributed by atoms with Gasteiger partial charge in [-0.25, -0.2) is 4.98 Å². The molecule has 3 rings (SSSR count). The molecule has 0 saturated heterocycles. The normalized spacial score (nSPS) is 11.0. The molecule has 2 aromatic carbocycles. The number of aryl methyl sites for hydroxylation is 2. The number of pyridine rings is 1. The van der Waals surface area contributed by atoms with Gasteiger partial charge >= 0.3 is 0 Å². The zero-order valence-corrected chi connectivity index (χ0v) is 18.2. The van der Waals surface area contributed by atoms with Crippen molar-refractivity contribution in [1.29, 1.82) is 0 Å². The molecular formula is C26H32N2O. The highest BCUT2D eigenvalue weighted by Gasteiger charge is 2.20. The molecule has 0 saturated carbocycles. The summed E-state index contributed by atoms with van der Waals surface area (Å²) in [5.41, 5.74) is 6.00. The number of para-hydroxylation sites is 1. The highest BCUT2D eigenvalue weighted by molar-refractivity contribution is 6.07. The average Bonchev–Trinajstić information content (AvgIpc) is 2.72. The van der Waals surface area contributed by atoms with Gasteiger partial charge in [-0.1, -0.05) is 68.7 Å². The fourth-order valence-electron chi connectivity index (χ4n) is 3.77. The van der Waals surface area contributed by atoms with Crippen LogP contribution in [0.4, 0.5) is 0 Å². The van der Waals surface area contributed by atoms with E-state index in [0.29, 0.717) is 0 Å². The van der Waals surface area contributed by atoms with Crippen LogP contribution in [0.2, 0.25) is 0 Å². The smallest absolute Gasteiger partial charge is 0.254 e. The first-order valence-electron chi connectivity index (χ1n) is 10.8. The van der Waals surface area contributed by atoms with Gasteiger partial charge in [0.1, 0.15) is 0 Å². The van der Waals surface area contributed by atoms with E-state index in [2.05, 4.69) is 45.9 Å². The Kier molecular flexibility index (Phi) is 7.03. The van der Waals surface area contributed by atoms with Gasteiger partial charge in [-0.15, -0.1) is 0 Å². The van der Waals surface area contributed by atoms with Gasteiger partial charge in [0, 0.05) is 24.0 Å². The van der Waals surface area contributed by atoms with Gasteiger partial charge in [0.2, 0.25) is 0 Å². The summed E-state index contributed by atoms with van der Waals surface area (Å²) in [4.78, 5) is 20.5. The van der Waals surface area contributed by atoms with E-state index < -0.39 is 0 Å². The largest absolute Gasteiger partial charge is 0.339 e. The Labute approximate surface area is 174 Å². The van der Waals surface area contributed by atoms with E-state index in [0.717, 1.165) is 66.5 Å². The van der Waals surface area contributed by atoms with Crippen molar-refractivity contribution in [1.82, 2.24) is 9.88 Å². The van der Waals surface area contributed by atoms with Crippen molar-refractivity contribution in [2.45, 2.75) is 53.4 Å². The first kappa shape index (κ1) is 21.0. The number of rotatable bonds is 8. The van der Waals surface area contributed by atoms with Crippen LogP contribution in [0.25, 0.3) is 22.2 Å².